The van der Waals surface area contributed by atoms with E-state index >= 15 is 0 Å². The van der Waals surface area contributed by atoms with Gasteiger partial charge in [-0.05, 0) is 42.3 Å². The highest BCUT2D eigenvalue weighted by Gasteiger charge is 2.06. The third-order valence-corrected chi connectivity index (χ3v) is 4.05. The highest BCUT2D eigenvalue weighted by atomic mass is 35.5. The Morgan fingerprint density at radius 3 is 2.75 bits per heavy atom. The number of para-hydroxylation sites is 1. The SMILES string of the molecule is O=C(CCc1c[nH]c2ccccc12)NCCOc1ccc(Cl)cc1. The van der Waals surface area contributed by atoms with Gasteiger partial charge in [0.25, 0.3) is 0 Å². The number of amides is 1. The first kappa shape index (κ1) is 16.4. The molecule has 0 bridgehead atoms. The number of halogens is 1. The summed E-state index contributed by atoms with van der Waals surface area (Å²) in [7, 11) is 0. The third kappa shape index (κ3) is 4.30. The van der Waals surface area contributed by atoms with E-state index in [2.05, 4.69) is 16.4 Å². The van der Waals surface area contributed by atoms with Crippen molar-refractivity contribution in [2.75, 3.05) is 13.2 Å². The van der Waals surface area contributed by atoms with E-state index in [1.54, 1.807) is 24.3 Å². The molecule has 1 aromatic heterocycles. The number of aromatic nitrogens is 1. The Bertz CT molecular complexity index is 812. The molecule has 0 spiro atoms. The molecular weight excluding hydrogens is 324 g/mol. The van der Waals surface area contributed by atoms with Crippen LogP contribution in [0.25, 0.3) is 10.9 Å². The van der Waals surface area contributed by atoms with E-state index in [0.717, 1.165) is 16.8 Å². The van der Waals surface area contributed by atoms with E-state index in [1.165, 1.54) is 5.39 Å². The van der Waals surface area contributed by atoms with Crippen LogP contribution in [-0.4, -0.2) is 24.0 Å². The third-order valence-electron chi connectivity index (χ3n) is 3.80. The molecule has 1 heterocycles. The molecule has 24 heavy (non-hydrogen) atoms. The second-order valence-electron chi connectivity index (χ2n) is 5.51. The minimum Gasteiger partial charge on any atom is -0.492 e. The van der Waals surface area contributed by atoms with Gasteiger partial charge in [0.2, 0.25) is 5.91 Å². The molecule has 0 aliphatic heterocycles. The summed E-state index contributed by atoms with van der Waals surface area (Å²) >= 11 is 5.81. The summed E-state index contributed by atoms with van der Waals surface area (Å²) in [6.45, 7) is 0.913. The Kier molecular flexibility index (Phi) is 5.39. The standard InChI is InChI=1S/C19H19ClN2O2/c20-15-6-8-16(9-7-15)24-12-11-21-19(23)10-5-14-13-22-18-4-2-1-3-17(14)18/h1-4,6-9,13,22H,5,10-12H2,(H,21,23). The summed E-state index contributed by atoms with van der Waals surface area (Å²) in [6, 6.07) is 15.3. The molecule has 0 unspecified atom stereocenters. The summed E-state index contributed by atoms with van der Waals surface area (Å²) in [5.41, 5.74) is 2.27. The Balaban J connectivity index is 1.39. The number of hydrogen-bond donors (Lipinski definition) is 2. The molecule has 0 fully saturated rings. The number of aromatic amines is 1. The molecule has 2 aromatic carbocycles. The van der Waals surface area contributed by atoms with Crippen molar-refractivity contribution in [2.45, 2.75) is 12.8 Å². The fraction of sp³-hybridized carbons (Fsp3) is 0.211. The van der Waals surface area contributed by atoms with E-state index in [0.29, 0.717) is 31.0 Å². The summed E-state index contributed by atoms with van der Waals surface area (Å²) in [5.74, 6) is 0.771. The fourth-order valence-electron chi connectivity index (χ4n) is 2.57. The second kappa shape index (κ2) is 7.88. The van der Waals surface area contributed by atoms with Crippen LogP contribution in [0.15, 0.2) is 54.7 Å². The van der Waals surface area contributed by atoms with Crippen LogP contribution < -0.4 is 10.1 Å². The van der Waals surface area contributed by atoms with Crippen LogP contribution in [0, 0.1) is 0 Å². The molecule has 0 saturated carbocycles. The van der Waals surface area contributed by atoms with Gasteiger partial charge in [0.1, 0.15) is 12.4 Å². The number of rotatable bonds is 7. The molecule has 5 heteroatoms. The molecule has 3 aromatic rings. The number of ether oxygens (including phenoxy) is 1. The van der Waals surface area contributed by atoms with Crippen LogP contribution in [0.5, 0.6) is 5.75 Å². The molecule has 0 radical (unpaired) electrons. The van der Waals surface area contributed by atoms with E-state index in [1.807, 2.05) is 24.4 Å². The quantitative estimate of drug-likeness (QED) is 0.639. The summed E-state index contributed by atoms with van der Waals surface area (Å²) in [4.78, 5) is 15.2. The topological polar surface area (TPSA) is 54.1 Å². The average Bonchev–Trinajstić information content (AvgIpc) is 3.02. The molecule has 0 saturated heterocycles. The van der Waals surface area contributed by atoms with Gasteiger partial charge in [-0.3, -0.25) is 4.79 Å². The molecule has 1 amide bonds. The number of hydrogen-bond acceptors (Lipinski definition) is 2. The summed E-state index contributed by atoms with van der Waals surface area (Å²) in [6.07, 6.45) is 3.15. The van der Waals surface area contributed by atoms with Crippen LogP contribution in [0.2, 0.25) is 5.02 Å². The van der Waals surface area contributed by atoms with Crippen molar-refractivity contribution >= 4 is 28.4 Å². The first-order chi connectivity index (χ1) is 11.7. The number of aryl methyl sites for hydroxylation is 1. The van der Waals surface area contributed by atoms with Gasteiger partial charge in [-0.2, -0.15) is 0 Å². The van der Waals surface area contributed by atoms with Gasteiger partial charge in [0, 0.05) is 28.5 Å². The van der Waals surface area contributed by atoms with Gasteiger partial charge in [-0.25, -0.2) is 0 Å². The van der Waals surface area contributed by atoms with E-state index < -0.39 is 0 Å². The van der Waals surface area contributed by atoms with Crippen molar-refractivity contribution in [3.63, 3.8) is 0 Å². The number of carbonyl (C=O) groups excluding carboxylic acids is 1. The number of benzene rings is 2. The Morgan fingerprint density at radius 2 is 1.92 bits per heavy atom. The highest BCUT2D eigenvalue weighted by Crippen LogP contribution is 2.19. The lowest BCUT2D eigenvalue weighted by Crippen LogP contribution is -2.28. The lowest BCUT2D eigenvalue weighted by atomic mass is 10.1. The monoisotopic (exact) mass is 342 g/mol. The van der Waals surface area contributed by atoms with Gasteiger partial charge in [0.15, 0.2) is 0 Å². The van der Waals surface area contributed by atoms with Gasteiger partial charge in [-0.15, -0.1) is 0 Å². The zero-order chi connectivity index (χ0) is 16.8. The molecule has 0 aliphatic rings. The van der Waals surface area contributed by atoms with Gasteiger partial charge >= 0.3 is 0 Å². The van der Waals surface area contributed by atoms with Crippen molar-refractivity contribution in [1.82, 2.24) is 10.3 Å². The first-order valence-electron chi connectivity index (χ1n) is 7.92. The highest BCUT2D eigenvalue weighted by molar-refractivity contribution is 6.30. The molecule has 124 valence electrons. The fourth-order valence-corrected chi connectivity index (χ4v) is 2.69. The smallest absolute Gasteiger partial charge is 0.220 e. The van der Waals surface area contributed by atoms with Crippen LogP contribution >= 0.6 is 11.6 Å². The maximum Gasteiger partial charge on any atom is 0.220 e. The van der Waals surface area contributed by atoms with Gasteiger partial charge in [0.05, 0.1) is 6.54 Å². The minimum absolute atomic E-state index is 0.0278. The first-order valence-corrected chi connectivity index (χ1v) is 8.30. The Labute approximate surface area is 145 Å². The molecule has 2 N–H and O–H groups in total. The molecule has 0 atom stereocenters. The van der Waals surface area contributed by atoms with Gasteiger partial charge < -0.3 is 15.0 Å². The summed E-state index contributed by atoms with van der Waals surface area (Å²) < 4.78 is 5.54. The number of H-pyrrole nitrogens is 1. The Hall–Kier alpha value is -2.46. The Morgan fingerprint density at radius 1 is 1.12 bits per heavy atom. The number of nitrogens with one attached hydrogen (secondary N) is 2. The maximum atomic E-state index is 11.9. The lowest BCUT2D eigenvalue weighted by Gasteiger charge is -2.07. The zero-order valence-electron chi connectivity index (χ0n) is 13.2. The largest absolute Gasteiger partial charge is 0.492 e. The van der Waals surface area contributed by atoms with Crippen LogP contribution in [-0.2, 0) is 11.2 Å². The predicted octanol–water partition coefficient (Wildman–Crippen LogP) is 3.95. The lowest BCUT2D eigenvalue weighted by molar-refractivity contribution is -0.121. The number of fused-ring (bicyclic) bond motifs is 1. The van der Waals surface area contributed by atoms with Gasteiger partial charge in [-0.1, -0.05) is 29.8 Å². The molecular formula is C19H19ClN2O2. The van der Waals surface area contributed by atoms with Crippen molar-refractivity contribution in [1.29, 1.82) is 0 Å². The van der Waals surface area contributed by atoms with E-state index in [-0.39, 0.29) is 5.91 Å². The average molecular weight is 343 g/mol. The van der Waals surface area contributed by atoms with Crippen molar-refractivity contribution < 1.29 is 9.53 Å². The maximum absolute atomic E-state index is 11.9. The van der Waals surface area contributed by atoms with E-state index in [9.17, 15) is 4.79 Å². The van der Waals surface area contributed by atoms with Crippen LogP contribution in [0.1, 0.15) is 12.0 Å². The van der Waals surface area contributed by atoms with Crippen LogP contribution in [0.4, 0.5) is 0 Å². The van der Waals surface area contributed by atoms with E-state index in [4.69, 9.17) is 16.3 Å². The van der Waals surface area contributed by atoms with Crippen LogP contribution in [0.3, 0.4) is 0 Å². The minimum atomic E-state index is 0.0278. The van der Waals surface area contributed by atoms with Crippen molar-refractivity contribution in [2.24, 2.45) is 0 Å². The summed E-state index contributed by atoms with van der Waals surface area (Å²) in [5, 5.41) is 4.73. The normalized spacial score (nSPS) is 10.7. The van der Waals surface area contributed by atoms with Crippen molar-refractivity contribution in [3.8, 4) is 5.75 Å². The second-order valence-corrected chi connectivity index (χ2v) is 5.95. The number of carbonyl (C=O) groups is 1. The molecule has 0 aliphatic carbocycles. The predicted molar refractivity (Wildman–Crippen MR) is 96.6 cm³/mol. The zero-order valence-corrected chi connectivity index (χ0v) is 14.0. The van der Waals surface area contributed by atoms with Crippen molar-refractivity contribution in [3.05, 3.63) is 65.3 Å². The molecule has 4 nitrogen and oxygen atoms in total. The molecule has 3 rings (SSSR count).